The molecule has 9 heteroatoms. The Morgan fingerprint density at radius 2 is 1.64 bits per heavy atom. The molecule has 0 atom stereocenters. The molecule has 0 aliphatic heterocycles. The third kappa shape index (κ3) is 3.59. The van der Waals surface area contributed by atoms with Crippen molar-refractivity contribution in [2.24, 2.45) is 0 Å². The lowest BCUT2D eigenvalue weighted by atomic mass is 10.1. The Hall–Kier alpha value is -3.62. The van der Waals surface area contributed by atoms with Gasteiger partial charge in [-0.05, 0) is 43.3 Å². The molecule has 6 nitrogen and oxygen atoms in total. The summed E-state index contributed by atoms with van der Waals surface area (Å²) in [5.41, 5.74) is 5.66. The molecule has 0 unspecified atom stereocenters. The smallest absolute Gasteiger partial charge is 0.344 e. The summed E-state index contributed by atoms with van der Waals surface area (Å²) in [4.78, 5) is 24.3. The van der Waals surface area contributed by atoms with Gasteiger partial charge in [0.05, 0.1) is 16.9 Å². The maximum absolute atomic E-state index is 13.6. The first-order valence-corrected chi connectivity index (χ1v) is 8.05. The van der Waals surface area contributed by atoms with E-state index in [1.165, 1.54) is 35.9 Å². The summed E-state index contributed by atoms with van der Waals surface area (Å²) in [5, 5.41) is 4.11. The van der Waals surface area contributed by atoms with Crippen molar-refractivity contribution >= 4 is 17.6 Å². The normalized spacial score (nSPS) is 10.7. The summed E-state index contributed by atoms with van der Waals surface area (Å²) in [6, 6.07) is 8.19. The first-order chi connectivity index (χ1) is 13.3. The highest BCUT2D eigenvalue weighted by molar-refractivity contribution is 6.01. The molecule has 2 aromatic carbocycles. The van der Waals surface area contributed by atoms with Crippen LogP contribution in [0.2, 0.25) is 0 Å². The van der Waals surface area contributed by atoms with Crippen molar-refractivity contribution < 1.29 is 27.5 Å². The molecule has 1 heterocycles. The summed E-state index contributed by atoms with van der Waals surface area (Å²) in [5.74, 6) is -4.66. The number of aryl methyl sites for hydroxylation is 1. The molecule has 0 saturated carbocycles. The third-order valence-electron chi connectivity index (χ3n) is 3.95. The number of carbonyl (C=O) groups excluding carboxylic acids is 2. The maximum atomic E-state index is 13.6. The number of esters is 1. The number of aromatic nitrogens is 2. The minimum Gasteiger partial charge on any atom is -0.454 e. The molecular formula is C19H14F3N3O3. The number of anilines is 1. The predicted octanol–water partition coefficient (Wildman–Crippen LogP) is 3.22. The van der Waals surface area contributed by atoms with Gasteiger partial charge in [-0.15, -0.1) is 0 Å². The quantitative estimate of drug-likeness (QED) is 0.535. The van der Waals surface area contributed by atoms with Crippen LogP contribution < -0.4 is 5.73 Å². The molecule has 3 rings (SSSR count). The predicted molar refractivity (Wildman–Crippen MR) is 93.6 cm³/mol. The zero-order chi connectivity index (χ0) is 20.4. The minimum absolute atomic E-state index is 0.0846. The van der Waals surface area contributed by atoms with Gasteiger partial charge in [-0.2, -0.15) is 5.10 Å². The second-order valence-corrected chi connectivity index (χ2v) is 5.83. The second-order valence-electron chi connectivity index (χ2n) is 5.83. The van der Waals surface area contributed by atoms with Crippen molar-refractivity contribution in [3.8, 4) is 5.69 Å². The molecule has 0 fully saturated rings. The van der Waals surface area contributed by atoms with Crippen molar-refractivity contribution in [2.75, 3.05) is 12.3 Å². The molecule has 0 aliphatic rings. The van der Waals surface area contributed by atoms with Gasteiger partial charge in [-0.1, -0.05) is 6.07 Å². The molecule has 0 radical (unpaired) electrons. The van der Waals surface area contributed by atoms with Crippen LogP contribution in [-0.4, -0.2) is 28.1 Å². The lowest BCUT2D eigenvalue weighted by molar-refractivity contribution is 0.0472. The van der Waals surface area contributed by atoms with E-state index in [4.69, 9.17) is 10.5 Å². The molecule has 144 valence electrons. The number of hydrogen-bond acceptors (Lipinski definition) is 5. The van der Waals surface area contributed by atoms with Crippen molar-refractivity contribution in [3.05, 3.63) is 76.7 Å². The summed E-state index contributed by atoms with van der Waals surface area (Å²) in [6.45, 7) is 0.614. The first kappa shape index (κ1) is 19.2. The fourth-order valence-electron chi connectivity index (χ4n) is 2.62. The molecule has 0 bridgehead atoms. The maximum Gasteiger partial charge on any atom is 0.344 e. The summed E-state index contributed by atoms with van der Waals surface area (Å²) in [7, 11) is 0. The molecule has 3 aromatic rings. The molecule has 0 spiro atoms. The molecular weight excluding hydrogens is 375 g/mol. The van der Waals surface area contributed by atoms with Crippen molar-refractivity contribution in [3.63, 3.8) is 0 Å². The van der Waals surface area contributed by atoms with Crippen molar-refractivity contribution in [1.82, 2.24) is 9.78 Å². The van der Waals surface area contributed by atoms with Crippen LogP contribution in [0.1, 0.15) is 26.4 Å². The van der Waals surface area contributed by atoms with Crippen LogP contribution >= 0.6 is 0 Å². The van der Waals surface area contributed by atoms with Gasteiger partial charge in [0, 0.05) is 0 Å². The van der Waals surface area contributed by atoms with Gasteiger partial charge in [-0.3, -0.25) is 4.79 Å². The lowest BCUT2D eigenvalue weighted by Gasteiger charge is -2.07. The average Bonchev–Trinajstić information content (AvgIpc) is 2.94. The van der Waals surface area contributed by atoms with Gasteiger partial charge in [0.25, 0.3) is 0 Å². The van der Waals surface area contributed by atoms with E-state index in [0.717, 1.165) is 18.2 Å². The minimum atomic E-state index is -1.05. The van der Waals surface area contributed by atoms with Crippen LogP contribution in [0.15, 0.2) is 42.5 Å². The zero-order valence-electron chi connectivity index (χ0n) is 14.6. The lowest BCUT2D eigenvalue weighted by Crippen LogP contribution is -2.18. The fourth-order valence-corrected chi connectivity index (χ4v) is 2.62. The van der Waals surface area contributed by atoms with E-state index in [-0.39, 0.29) is 17.1 Å². The Morgan fingerprint density at radius 3 is 2.25 bits per heavy atom. The number of nitrogens with two attached hydrogens (primary N) is 1. The van der Waals surface area contributed by atoms with Gasteiger partial charge in [0.1, 0.15) is 28.8 Å². The fraction of sp³-hybridized carbons (Fsp3) is 0.105. The van der Waals surface area contributed by atoms with E-state index in [0.29, 0.717) is 5.69 Å². The van der Waals surface area contributed by atoms with Gasteiger partial charge in [0.2, 0.25) is 5.78 Å². The number of Topliss-reactive ketones (excluding diaryl/α,β-unsaturated/α-hetero) is 1. The Bertz CT molecular complexity index is 1040. The number of rotatable bonds is 5. The van der Waals surface area contributed by atoms with E-state index in [1.54, 1.807) is 0 Å². The Morgan fingerprint density at radius 1 is 1.04 bits per heavy atom. The number of benzene rings is 2. The van der Waals surface area contributed by atoms with E-state index < -0.39 is 41.4 Å². The number of ketones is 1. The van der Waals surface area contributed by atoms with Crippen LogP contribution in [0.25, 0.3) is 5.69 Å². The molecule has 0 aliphatic carbocycles. The monoisotopic (exact) mass is 389 g/mol. The summed E-state index contributed by atoms with van der Waals surface area (Å²) < 4.78 is 46.4. The number of hydrogen-bond donors (Lipinski definition) is 1. The number of nitrogens with zero attached hydrogens (tertiary/aromatic N) is 2. The highest BCUT2D eigenvalue weighted by Crippen LogP contribution is 2.22. The average molecular weight is 389 g/mol. The van der Waals surface area contributed by atoms with E-state index in [2.05, 4.69) is 5.10 Å². The number of halogens is 3. The van der Waals surface area contributed by atoms with E-state index in [9.17, 15) is 22.8 Å². The number of carbonyl (C=O) groups is 2. The van der Waals surface area contributed by atoms with Crippen molar-refractivity contribution in [2.45, 2.75) is 6.92 Å². The van der Waals surface area contributed by atoms with Crippen LogP contribution in [0.5, 0.6) is 0 Å². The Labute approximate surface area is 157 Å². The summed E-state index contributed by atoms with van der Waals surface area (Å²) >= 11 is 0. The molecule has 1 aromatic heterocycles. The molecule has 0 saturated heterocycles. The Balaban J connectivity index is 1.80. The number of nitrogen functional groups attached to an aromatic ring is 1. The van der Waals surface area contributed by atoms with Gasteiger partial charge in [0.15, 0.2) is 6.61 Å². The van der Waals surface area contributed by atoms with Crippen molar-refractivity contribution in [1.29, 1.82) is 0 Å². The van der Waals surface area contributed by atoms with Gasteiger partial charge in [-0.25, -0.2) is 22.6 Å². The largest absolute Gasteiger partial charge is 0.454 e. The topological polar surface area (TPSA) is 87.2 Å². The van der Waals surface area contributed by atoms with Gasteiger partial charge < -0.3 is 10.5 Å². The highest BCUT2D eigenvalue weighted by Gasteiger charge is 2.24. The SMILES string of the molecule is Cc1nn(-c2ccc(F)cc2)c(N)c1C(=O)OCC(=O)c1c(F)cccc1F. The second kappa shape index (κ2) is 7.55. The molecule has 2 N–H and O–H groups in total. The Kier molecular flexibility index (Phi) is 5.16. The zero-order valence-corrected chi connectivity index (χ0v) is 14.6. The van der Waals surface area contributed by atoms with E-state index in [1.807, 2.05) is 0 Å². The van der Waals surface area contributed by atoms with E-state index >= 15 is 0 Å². The highest BCUT2D eigenvalue weighted by atomic mass is 19.1. The van der Waals surface area contributed by atoms with Gasteiger partial charge >= 0.3 is 5.97 Å². The number of ether oxygens (including phenoxy) is 1. The molecule has 0 amide bonds. The van der Waals surface area contributed by atoms with Crippen LogP contribution in [0, 0.1) is 24.4 Å². The van der Waals surface area contributed by atoms with Crippen LogP contribution in [0.4, 0.5) is 19.0 Å². The third-order valence-corrected chi connectivity index (χ3v) is 3.95. The molecule has 28 heavy (non-hydrogen) atoms. The summed E-state index contributed by atoms with van der Waals surface area (Å²) in [6.07, 6.45) is 0. The standard InChI is InChI=1S/C19H14F3N3O3/c1-10-16(18(23)25(24-10)12-7-5-11(20)6-8-12)19(27)28-9-15(26)17-13(21)3-2-4-14(17)22/h2-8H,9,23H2,1H3. The first-order valence-electron chi connectivity index (χ1n) is 8.05. The van der Waals surface area contributed by atoms with Crippen LogP contribution in [-0.2, 0) is 4.74 Å². The van der Waals surface area contributed by atoms with Crippen LogP contribution in [0.3, 0.4) is 0 Å².